The van der Waals surface area contributed by atoms with Crippen LogP contribution in [0.4, 0.5) is 0 Å². The van der Waals surface area contributed by atoms with Gasteiger partial charge in [0, 0.05) is 16.5 Å². The first-order valence-corrected chi connectivity index (χ1v) is 6.99. The van der Waals surface area contributed by atoms with E-state index in [0.717, 1.165) is 21.3 Å². The Labute approximate surface area is 121 Å². The topological polar surface area (TPSA) is 26.3 Å². The molecule has 0 N–H and O–H groups in total. The second kappa shape index (κ2) is 6.53. The second-order valence-corrected chi connectivity index (χ2v) is 5.13. The molecule has 2 aromatic carbocycles. The normalized spacial score (nSPS) is 10.2. The maximum absolute atomic E-state index is 11.5. The summed E-state index contributed by atoms with van der Waals surface area (Å²) in [6, 6.07) is 15.3. The molecule has 0 radical (unpaired) electrons. The fourth-order valence-electron chi connectivity index (χ4n) is 1.69. The maximum Gasteiger partial charge on any atom is 0.162 e. The largest absolute Gasteiger partial charge is 0.489 e. The van der Waals surface area contributed by atoms with Gasteiger partial charge in [0.05, 0.1) is 0 Å². The third-order valence-corrected chi connectivity index (χ3v) is 3.34. The van der Waals surface area contributed by atoms with E-state index in [-0.39, 0.29) is 5.78 Å². The van der Waals surface area contributed by atoms with Crippen molar-refractivity contribution in [3.05, 3.63) is 64.1 Å². The monoisotopic (exact) mass is 318 g/mol. The lowest BCUT2D eigenvalue weighted by molar-refractivity contribution is 0.0988. The molecular weight excluding hydrogens is 304 g/mol. The summed E-state index contributed by atoms with van der Waals surface area (Å²) >= 11 is 3.40. The summed E-state index contributed by atoms with van der Waals surface area (Å²) in [6.07, 6.45) is 0.527. The summed E-state index contributed by atoms with van der Waals surface area (Å²) in [7, 11) is 0. The molecule has 2 rings (SSSR count). The Morgan fingerprint density at radius 3 is 2.26 bits per heavy atom. The summed E-state index contributed by atoms with van der Waals surface area (Å²) in [5.74, 6) is 0.926. The molecule has 0 aromatic heterocycles. The van der Waals surface area contributed by atoms with Crippen molar-refractivity contribution >= 4 is 21.7 Å². The Balaban J connectivity index is 1.96. The summed E-state index contributed by atoms with van der Waals surface area (Å²) in [6.45, 7) is 2.38. The number of ether oxygens (including phenoxy) is 1. The van der Waals surface area contributed by atoms with Crippen molar-refractivity contribution in [3.63, 3.8) is 0 Å². The summed E-state index contributed by atoms with van der Waals surface area (Å²) in [5.41, 5.74) is 1.84. The number of ketones is 1. The highest BCUT2D eigenvalue weighted by Crippen LogP contribution is 2.16. The highest BCUT2D eigenvalue weighted by Gasteiger charge is 2.03. The Kier molecular flexibility index (Phi) is 4.74. The lowest BCUT2D eigenvalue weighted by atomic mass is 10.1. The molecule has 0 fully saturated rings. The minimum Gasteiger partial charge on any atom is -0.489 e. The van der Waals surface area contributed by atoms with Gasteiger partial charge in [-0.05, 0) is 42.0 Å². The van der Waals surface area contributed by atoms with Crippen LogP contribution in [0.3, 0.4) is 0 Å². The van der Waals surface area contributed by atoms with Crippen LogP contribution < -0.4 is 4.74 Å². The van der Waals surface area contributed by atoms with Crippen LogP contribution in [-0.4, -0.2) is 5.78 Å². The van der Waals surface area contributed by atoms with Gasteiger partial charge in [-0.15, -0.1) is 0 Å². The van der Waals surface area contributed by atoms with Gasteiger partial charge in [0.25, 0.3) is 0 Å². The maximum atomic E-state index is 11.5. The van der Waals surface area contributed by atoms with E-state index < -0.39 is 0 Å². The van der Waals surface area contributed by atoms with Crippen molar-refractivity contribution in [2.75, 3.05) is 0 Å². The highest BCUT2D eigenvalue weighted by atomic mass is 79.9. The predicted octanol–water partition coefficient (Wildman–Crippen LogP) is 4.62. The van der Waals surface area contributed by atoms with Gasteiger partial charge in [0.2, 0.25) is 0 Å². The van der Waals surface area contributed by atoms with Crippen LogP contribution in [0.25, 0.3) is 0 Å². The van der Waals surface area contributed by atoms with Crippen LogP contribution in [0.15, 0.2) is 53.0 Å². The van der Waals surface area contributed by atoms with Gasteiger partial charge in [0.1, 0.15) is 12.4 Å². The smallest absolute Gasteiger partial charge is 0.162 e. The first-order valence-electron chi connectivity index (χ1n) is 6.19. The molecule has 0 spiro atoms. The van der Waals surface area contributed by atoms with Gasteiger partial charge in [0.15, 0.2) is 5.78 Å². The second-order valence-electron chi connectivity index (χ2n) is 4.22. The highest BCUT2D eigenvalue weighted by molar-refractivity contribution is 9.10. The zero-order valence-corrected chi connectivity index (χ0v) is 12.3. The summed E-state index contributed by atoms with van der Waals surface area (Å²) in [5, 5.41) is 0. The molecule has 0 aliphatic heterocycles. The predicted molar refractivity (Wildman–Crippen MR) is 79.5 cm³/mol. The van der Waals surface area contributed by atoms with Crippen molar-refractivity contribution in [1.29, 1.82) is 0 Å². The van der Waals surface area contributed by atoms with Gasteiger partial charge in [-0.1, -0.05) is 35.0 Å². The minimum absolute atomic E-state index is 0.152. The number of halogens is 1. The molecule has 0 atom stereocenters. The van der Waals surface area contributed by atoms with Crippen molar-refractivity contribution in [2.45, 2.75) is 20.0 Å². The summed E-state index contributed by atoms with van der Waals surface area (Å²) in [4.78, 5) is 11.5. The Hall–Kier alpha value is -1.61. The molecule has 0 unspecified atom stereocenters. The van der Waals surface area contributed by atoms with E-state index in [1.165, 1.54) is 0 Å². The number of carbonyl (C=O) groups excluding carboxylic acids is 1. The van der Waals surface area contributed by atoms with Crippen molar-refractivity contribution in [3.8, 4) is 5.75 Å². The molecule has 2 aromatic rings. The van der Waals surface area contributed by atoms with Gasteiger partial charge >= 0.3 is 0 Å². The van der Waals surface area contributed by atoms with E-state index in [9.17, 15) is 4.79 Å². The Morgan fingerprint density at radius 1 is 1.05 bits per heavy atom. The fraction of sp³-hybridized carbons (Fsp3) is 0.188. The molecule has 0 bridgehead atoms. The molecule has 2 nitrogen and oxygen atoms in total. The Morgan fingerprint density at radius 2 is 1.68 bits per heavy atom. The van der Waals surface area contributed by atoms with E-state index in [1.54, 1.807) is 0 Å². The zero-order valence-electron chi connectivity index (χ0n) is 10.7. The van der Waals surface area contributed by atoms with E-state index in [1.807, 2.05) is 55.5 Å². The molecule has 0 saturated carbocycles. The standard InChI is InChI=1S/C16H15BrO2/c1-2-16(18)13-5-9-15(10-6-13)19-11-12-3-7-14(17)8-4-12/h3-10H,2,11H2,1H3. The number of carbonyl (C=O) groups is 1. The molecule has 19 heavy (non-hydrogen) atoms. The zero-order chi connectivity index (χ0) is 13.7. The molecule has 0 amide bonds. The fourth-order valence-corrected chi connectivity index (χ4v) is 1.95. The minimum atomic E-state index is 0.152. The third-order valence-electron chi connectivity index (χ3n) is 2.82. The van der Waals surface area contributed by atoms with Gasteiger partial charge in [-0.25, -0.2) is 0 Å². The molecule has 0 aliphatic carbocycles. The number of Topliss-reactive ketones (excluding diaryl/α,β-unsaturated/α-hetero) is 1. The van der Waals surface area contributed by atoms with E-state index in [0.29, 0.717) is 13.0 Å². The first-order chi connectivity index (χ1) is 9.19. The van der Waals surface area contributed by atoms with Crippen LogP contribution in [0.5, 0.6) is 5.75 Å². The average Bonchev–Trinajstić information content (AvgIpc) is 2.46. The quantitative estimate of drug-likeness (QED) is 0.752. The lowest BCUT2D eigenvalue weighted by Crippen LogP contribution is -1.98. The molecular formula is C16H15BrO2. The lowest BCUT2D eigenvalue weighted by Gasteiger charge is -2.07. The third kappa shape index (κ3) is 3.93. The van der Waals surface area contributed by atoms with Crippen molar-refractivity contribution in [1.82, 2.24) is 0 Å². The summed E-state index contributed by atoms with van der Waals surface area (Å²) < 4.78 is 6.73. The number of hydrogen-bond acceptors (Lipinski definition) is 2. The van der Waals surface area contributed by atoms with Gasteiger partial charge in [-0.2, -0.15) is 0 Å². The van der Waals surface area contributed by atoms with E-state index in [4.69, 9.17) is 4.74 Å². The van der Waals surface area contributed by atoms with E-state index >= 15 is 0 Å². The van der Waals surface area contributed by atoms with E-state index in [2.05, 4.69) is 15.9 Å². The molecule has 98 valence electrons. The Bertz CT molecular complexity index is 544. The molecule has 0 saturated heterocycles. The molecule has 0 aliphatic rings. The van der Waals surface area contributed by atoms with Crippen LogP contribution in [0.1, 0.15) is 29.3 Å². The number of hydrogen-bond donors (Lipinski definition) is 0. The van der Waals surface area contributed by atoms with Crippen LogP contribution >= 0.6 is 15.9 Å². The molecule has 3 heteroatoms. The average molecular weight is 319 g/mol. The first kappa shape index (κ1) is 13.8. The number of benzene rings is 2. The van der Waals surface area contributed by atoms with Crippen molar-refractivity contribution in [2.24, 2.45) is 0 Å². The van der Waals surface area contributed by atoms with Gasteiger partial charge < -0.3 is 4.74 Å². The van der Waals surface area contributed by atoms with Crippen LogP contribution in [0.2, 0.25) is 0 Å². The SMILES string of the molecule is CCC(=O)c1ccc(OCc2ccc(Br)cc2)cc1. The van der Waals surface area contributed by atoms with Crippen LogP contribution in [0, 0.1) is 0 Å². The van der Waals surface area contributed by atoms with Gasteiger partial charge in [-0.3, -0.25) is 4.79 Å². The molecule has 0 heterocycles. The van der Waals surface area contributed by atoms with Crippen LogP contribution in [-0.2, 0) is 6.61 Å². The van der Waals surface area contributed by atoms with Crippen molar-refractivity contribution < 1.29 is 9.53 Å². The number of rotatable bonds is 5.